The van der Waals surface area contributed by atoms with Crippen LogP contribution in [0.15, 0.2) is 24.3 Å². The lowest BCUT2D eigenvalue weighted by atomic mass is 10.1. The molecule has 1 amide bonds. The second-order valence-corrected chi connectivity index (χ2v) is 7.92. The summed E-state index contributed by atoms with van der Waals surface area (Å²) in [6.07, 6.45) is 5.08. The molecule has 1 aromatic carbocycles. The van der Waals surface area contributed by atoms with Gasteiger partial charge in [0.2, 0.25) is 5.91 Å². The molecule has 0 bridgehead atoms. The highest BCUT2D eigenvalue weighted by Gasteiger charge is 2.41. The summed E-state index contributed by atoms with van der Waals surface area (Å²) in [7, 11) is 0. The van der Waals surface area contributed by atoms with Gasteiger partial charge in [0, 0.05) is 18.9 Å². The fraction of sp³-hybridized carbons (Fsp3) is 0.571. The number of ether oxygens (including phenoxy) is 1. The zero-order chi connectivity index (χ0) is 18.8. The number of aryl methyl sites for hydroxylation is 2. The van der Waals surface area contributed by atoms with E-state index >= 15 is 0 Å². The summed E-state index contributed by atoms with van der Waals surface area (Å²) in [5, 5.41) is 7.25. The molecule has 6 nitrogen and oxygen atoms in total. The Bertz CT molecular complexity index is 797. The Morgan fingerprint density at radius 3 is 2.81 bits per heavy atom. The normalized spacial score (nSPS) is 23.3. The number of likely N-dealkylation sites (tertiary alicyclic amines) is 1. The molecule has 2 heterocycles. The monoisotopic (exact) mass is 368 g/mol. The average Bonchev–Trinajstić information content (AvgIpc) is 3.40. The van der Waals surface area contributed by atoms with Crippen molar-refractivity contribution in [3.63, 3.8) is 0 Å². The van der Waals surface area contributed by atoms with Crippen LogP contribution in [0.4, 0.5) is 0 Å². The number of rotatable bonds is 5. The van der Waals surface area contributed by atoms with E-state index in [4.69, 9.17) is 4.74 Å². The number of hydrogen-bond donors (Lipinski definition) is 1. The molecule has 2 fully saturated rings. The van der Waals surface area contributed by atoms with Crippen LogP contribution >= 0.6 is 0 Å². The fourth-order valence-electron chi connectivity index (χ4n) is 4.34. The highest BCUT2D eigenvalue weighted by Crippen LogP contribution is 2.36. The quantitative estimate of drug-likeness (QED) is 0.877. The lowest BCUT2D eigenvalue weighted by Gasteiger charge is -2.25. The van der Waals surface area contributed by atoms with Crippen molar-refractivity contribution in [2.75, 3.05) is 6.54 Å². The number of amides is 1. The summed E-state index contributed by atoms with van der Waals surface area (Å²) in [4.78, 5) is 19.6. The Kier molecular flexibility index (Phi) is 5.25. The maximum absolute atomic E-state index is 13.1. The van der Waals surface area contributed by atoms with Crippen LogP contribution in [-0.2, 0) is 16.1 Å². The molecule has 0 unspecified atom stereocenters. The molecule has 6 heteroatoms. The highest BCUT2D eigenvalue weighted by atomic mass is 16.5. The second-order valence-electron chi connectivity index (χ2n) is 7.92. The van der Waals surface area contributed by atoms with Crippen LogP contribution in [0.25, 0.3) is 0 Å². The summed E-state index contributed by atoms with van der Waals surface area (Å²) >= 11 is 0. The third-order valence-corrected chi connectivity index (χ3v) is 5.73. The molecule has 1 N–H and O–H groups in total. The van der Waals surface area contributed by atoms with Gasteiger partial charge in [-0.3, -0.25) is 9.89 Å². The summed E-state index contributed by atoms with van der Waals surface area (Å²) < 4.78 is 6.19. The van der Waals surface area contributed by atoms with Crippen molar-refractivity contribution in [1.82, 2.24) is 20.1 Å². The maximum Gasteiger partial charge on any atom is 0.226 e. The molecular weight excluding hydrogens is 340 g/mol. The average molecular weight is 368 g/mol. The molecule has 144 valence electrons. The number of hydrogen-bond acceptors (Lipinski definition) is 4. The van der Waals surface area contributed by atoms with E-state index < -0.39 is 0 Å². The molecule has 1 aliphatic heterocycles. The van der Waals surface area contributed by atoms with Crippen molar-refractivity contribution >= 4 is 5.91 Å². The smallest absolute Gasteiger partial charge is 0.226 e. The zero-order valence-electron chi connectivity index (χ0n) is 16.1. The molecule has 27 heavy (non-hydrogen) atoms. The van der Waals surface area contributed by atoms with E-state index in [0.717, 1.165) is 37.9 Å². The van der Waals surface area contributed by atoms with Crippen LogP contribution in [-0.4, -0.2) is 38.6 Å². The molecule has 0 spiro atoms. The van der Waals surface area contributed by atoms with Crippen molar-refractivity contribution in [2.24, 2.45) is 5.92 Å². The minimum Gasteiger partial charge on any atom is -0.372 e. The van der Waals surface area contributed by atoms with Gasteiger partial charge in [0.05, 0.1) is 18.8 Å². The van der Waals surface area contributed by atoms with Crippen LogP contribution in [0, 0.1) is 19.8 Å². The number of aromatic nitrogens is 3. The van der Waals surface area contributed by atoms with Gasteiger partial charge in [-0.1, -0.05) is 42.7 Å². The van der Waals surface area contributed by atoms with Gasteiger partial charge in [0.25, 0.3) is 0 Å². The lowest BCUT2D eigenvalue weighted by Crippen LogP contribution is -2.36. The standard InChI is InChI=1S/C21H28N4O2/c1-14-6-5-7-16(10-14)13-27-18-11-19(20-22-15(2)23-24-20)25(12-18)21(26)17-8-3-4-9-17/h5-7,10,17-19H,3-4,8-9,11-13H2,1-2H3,(H,22,23,24)/t18-,19-/m0/s1. The molecule has 2 atom stereocenters. The SMILES string of the molecule is Cc1cccc(CO[C@H]2C[C@@H](c3n[nH]c(C)n3)N(C(=O)C3CCCC3)C2)c1. The van der Waals surface area contributed by atoms with Crippen LogP contribution < -0.4 is 0 Å². The Morgan fingerprint density at radius 2 is 2.11 bits per heavy atom. The number of nitrogens with one attached hydrogen (secondary N) is 1. The van der Waals surface area contributed by atoms with Crippen LogP contribution in [0.2, 0.25) is 0 Å². The summed E-state index contributed by atoms with van der Waals surface area (Å²) in [6.45, 7) is 5.17. The molecule has 1 saturated carbocycles. The molecule has 2 aromatic rings. The molecule has 1 aliphatic carbocycles. The third-order valence-electron chi connectivity index (χ3n) is 5.73. The van der Waals surface area contributed by atoms with E-state index in [0.29, 0.717) is 19.0 Å². The van der Waals surface area contributed by atoms with Gasteiger partial charge >= 0.3 is 0 Å². The second kappa shape index (κ2) is 7.80. The summed E-state index contributed by atoms with van der Waals surface area (Å²) in [6, 6.07) is 8.28. The first kappa shape index (κ1) is 18.2. The van der Waals surface area contributed by atoms with Crippen molar-refractivity contribution in [1.29, 1.82) is 0 Å². The Hall–Kier alpha value is -2.21. The topological polar surface area (TPSA) is 71.1 Å². The van der Waals surface area contributed by atoms with E-state index in [9.17, 15) is 4.79 Å². The minimum absolute atomic E-state index is 0.0136. The predicted octanol–water partition coefficient (Wildman–Crippen LogP) is 3.47. The molecule has 4 rings (SSSR count). The predicted molar refractivity (Wildman–Crippen MR) is 102 cm³/mol. The Balaban J connectivity index is 1.47. The highest BCUT2D eigenvalue weighted by molar-refractivity contribution is 5.79. The largest absolute Gasteiger partial charge is 0.372 e. The molecule has 1 aromatic heterocycles. The maximum atomic E-state index is 13.1. The molecule has 1 saturated heterocycles. The van der Waals surface area contributed by atoms with E-state index in [-0.39, 0.29) is 24.0 Å². The van der Waals surface area contributed by atoms with Gasteiger partial charge < -0.3 is 9.64 Å². The number of carbonyl (C=O) groups is 1. The number of H-pyrrole nitrogens is 1. The van der Waals surface area contributed by atoms with Gasteiger partial charge in [-0.05, 0) is 32.3 Å². The Morgan fingerprint density at radius 1 is 1.30 bits per heavy atom. The first-order valence-electron chi connectivity index (χ1n) is 9.96. The lowest BCUT2D eigenvalue weighted by molar-refractivity contribution is -0.136. The van der Waals surface area contributed by atoms with Crippen LogP contribution in [0.1, 0.15) is 60.9 Å². The summed E-state index contributed by atoms with van der Waals surface area (Å²) in [5.74, 6) is 1.90. The molecule has 0 radical (unpaired) electrons. The zero-order valence-corrected chi connectivity index (χ0v) is 16.1. The van der Waals surface area contributed by atoms with E-state index in [1.807, 2.05) is 11.8 Å². The number of nitrogens with zero attached hydrogens (tertiary/aromatic N) is 3. The minimum atomic E-state index is -0.0921. The van der Waals surface area contributed by atoms with Gasteiger partial charge in [0.15, 0.2) is 5.82 Å². The number of benzene rings is 1. The van der Waals surface area contributed by atoms with E-state index in [2.05, 4.69) is 46.4 Å². The molecule has 2 aliphatic rings. The third kappa shape index (κ3) is 4.05. The van der Waals surface area contributed by atoms with Crippen molar-refractivity contribution in [3.05, 3.63) is 47.0 Å². The van der Waals surface area contributed by atoms with Crippen molar-refractivity contribution in [3.8, 4) is 0 Å². The van der Waals surface area contributed by atoms with Gasteiger partial charge in [-0.2, -0.15) is 5.10 Å². The fourth-order valence-corrected chi connectivity index (χ4v) is 4.34. The number of carbonyl (C=O) groups excluding carboxylic acids is 1. The van der Waals surface area contributed by atoms with Crippen molar-refractivity contribution < 1.29 is 9.53 Å². The summed E-state index contributed by atoms with van der Waals surface area (Å²) in [5.41, 5.74) is 2.40. The van der Waals surface area contributed by atoms with E-state index in [1.165, 1.54) is 11.1 Å². The van der Waals surface area contributed by atoms with Gasteiger partial charge in [-0.15, -0.1) is 0 Å². The molecular formula is C21H28N4O2. The van der Waals surface area contributed by atoms with E-state index in [1.54, 1.807) is 0 Å². The van der Waals surface area contributed by atoms with Crippen LogP contribution in [0.5, 0.6) is 0 Å². The van der Waals surface area contributed by atoms with Crippen LogP contribution in [0.3, 0.4) is 0 Å². The van der Waals surface area contributed by atoms with Crippen molar-refractivity contribution in [2.45, 2.75) is 64.7 Å². The van der Waals surface area contributed by atoms with Gasteiger partial charge in [-0.25, -0.2) is 4.98 Å². The first-order chi connectivity index (χ1) is 13.1. The number of aromatic amines is 1. The Labute approximate surface area is 160 Å². The first-order valence-corrected chi connectivity index (χ1v) is 9.96. The van der Waals surface area contributed by atoms with Gasteiger partial charge in [0.1, 0.15) is 5.82 Å².